The van der Waals surface area contributed by atoms with Gasteiger partial charge in [-0.2, -0.15) is 18.3 Å². The van der Waals surface area contributed by atoms with Crippen LogP contribution in [-0.4, -0.2) is 9.78 Å². The zero-order valence-corrected chi connectivity index (χ0v) is 10.8. The molecule has 0 aliphatic rings. The molecule has 2 aromatic heterocycles. The monoisotopic (exact) mass is 297 g/mol. The molecule has 8 heteroatoms. The minimum absolute atomic E-state index is 0. The zero-order chi connectivity index (χ0) is 12.3. The molecule has 0 amide bonds. The lowest BCUT2D eigenvalue weighted by molar-refractivity contribution is 0.0531. The van der Waals surface area contributed by atoms with Gasteiger partial charge in [0.25, 0.3) is 0 Å². The average molecular weight is 298 g/mol. The number of thiophene rings is 1. The number of rotatable bonds is 5. The number of halogens is 4. The maximum absolute atomic E-state index is 12.7. The van der Waals surface area contributed by atoms with Crippen molar-refractivity contribution in [3.05, 3.63) is 40.1 Å². The second kappa shape index (κ2) is 6.77. The van der Waals surface area contributed by atoms with Crippen LogP contribution in [0.1, 0.15) is 17.1 Å². The highest BCUT2D eigenvalue weighted by molar-refractivity contribution is 7.10. The molecule has 0 aliphatic heterocycles. The van der Waals surface area contributed by atoms with Gasteiger partial charge in [-0.15, -0.1) is 23.7 Å². The summed E-state index contributed by atoms with van der Waals surface area (Å²) in [6.07, 6.45) is 1.33. The Balaban J connectivity index is 0.00000162. The van der Waals surface area contributed by atoms with Crippen molar-refractivity contribution in [1.82, 2.24) is 15.1 Å². The molecule has 0 bridgehead atoms. The Morgan fingerprint density at radius 1 is 1.28 bits per heavy atom. The first-order valence-corrected chi connectivity index (χ1v) is 5.74. The molecule has 2 rings (SSSR count). The van der Waals surface area contributed by atoms with Crippen LogP contribution in [0.3, 0.4) is 0 Å². The van der Waals surface area contributed by atoms with Crippen molar-refractivity contribution < 1.29 is 13.2 Å². The van der Waals surface area contributed by atoms with Gasteiger partial charge in [-0.25, -0.2) is 4.68 Å². The lowest BCUT2D eigenvalue weighted by Gasteiger charge is -2.06. The summed E-state index contributed by atoms with van der Waals surface area (Å²) >= 11 is 1.04. The van der Waals surface area contributed by atoms with Crippen LogP contribution in [0.2, 0.25) is 0 Å². The minimum atomic E-state index is -2.64. The highest BCUT2D eigenvalue weighted by Gasteiger charge is 2.10. The van der Waals surface area contributed by atoms with E-state index in [0.717, 1.165) is 16.2 Å². The van der Waals surface area contributed by atoms with Crippen LogP contribution in [0.15, 0.2) is 24.4 Å². The summed E-state index contributed by atoms with van der Waals surface area (Å²) in [5.41, 5.74) is 0.400. The molecule has 0 unspecified atom stereocenters. The van der Waals surface area contributed by atoms with E-state index in [9.17, 15) is 13.2 Å². The molecular formula is C10H11ClF3N3S. The van der Waals surface area contributed by atoms with Crippen molar-refractivity contribution in [1.29, 1.82) is 0 Å². The van der Waals surface area contributed by atoms with E-state index >= 15 is 0 Å². The predicted molar refractivity (Wildman–Crippen MR) is 65.5 cm³/mol. The molecule has 2 heterocycles. The summed E-state index contributed by atoms with van der Waals surface area (Å²) in [5.74, 6) is 0. The largest absolute Gasteiger partial charge is 0.333 e. The lowest BCUT2D eigenvalue weighted by atomic mass is 10.4. The summed E-state index contributed by atoms with van der Waals surface area (Å²) in [7, 11) is 0. The third kappa shape index (κ3) is 3.72. The lowest BCUT2D eigenvalue weighted by Crippen LogP contribution is -2.16. The van der Waals surface area contributed by atoms with Crippen molar-refractivity contribution in [3.8, 4) is 0 Å². The smallest absolute Gasteiger partial charge is 0.306 e. The summed E-state index contributed by atoms with van der Waals surface area (Å²) in [6.45, 7) is -1.92. The fraction of sp³-hybridized carbons (Fsp3) is 0.300. The van der Waals surface area contributed by atoms with Crippen molar-refractivity contribution in [3.63, 3.8) is 0 Å². The van der Waals surface area contributed by atoms with E-state index < -0.39 is 6.55 Å². The number of alkyl halides is 2. The van der Waals surface area contributed by atoms with Gasteiger partial charge in [-0.1, -0.05) is 0 Å². The van der Waals surface area contributed by atoms with Gasteiger partial charge < -0.3 is 5.32 Å². The Morgan fingerprint density at radius 2 is 2.06 bits per heavy atom. The maximum atomic E-state index is 12.7. The van der Waals surface area contributed by atoms with Crippen LogP contribution in [0.5, 0.6) is 0 Å². The number of hydrogen-bond donors (Lipinski definition) is 1. The number of hydrogen-bond acceptors (Lipinski definition) is 3. The summed E-state index contributed by atoms with van der Waals surface area (Å²) < 4.78 is 38.2. The number of aromatic nitrogens is 2. The fourth-order valence-electron chi connectivity index (χ4n) is 1.42. The van der Waals surface area contributed by atoms with Gasteiger partial charge in [0.15, 0.2) is 5.13 Å². The van der Waals surface area contributed by atoms with Gasteiger partial charge in [-0.3, -0.25) is 0 Å². The second-order valence-electron chi connectivity index (χ2n) is 3.35. The normalized spacial score (nSPS) is 10.7. The molecule has 0 atom stereocenters. The average Bonchev–Trinajstić information content (AvgIpc) is 2.87. The van der Waals surface area contributed by atoms with Gasteiger partial charge in [0.05, 0.1) is 5.69 Å². The zero-order valence-electron chi connectivity index (χ0n) is 9.15. The van der Waals surface area contributed by atoms with E-state index in [-0.39, 0.29) is 24.1 Å². The predicted octanol–water partition coefficient (Wildman–Crippen LogP) is 3.19. The maximum Gasteiger partial charge on any atom is 0.333 e. The first-order chi connectivity index (χ1) is 8.16. The van der Waals surface area contributed by atoms with Gasteiger partial charge in [-0.05, 0) is 18.2 Å². The van der Waals surface area contributed by atoms with Gasteiger partial charge >= 0.3 is 6.55 Å². The molecule has 0 radical (unpaired) electrons. The molecule has 1 N–H and O–H groups in total. The van der Waals surface area contributed by atoms with Crippen LogP contribution in [-0.2, 0) is 13.1 Å². The van der Waals surface area contributed by atoms with Crippen LogP contribution >= 0.6 is 23.7 Å². The third-order valence-electron chi connectivity index (χ3n) is 2.17. The standard InChI is InChI=1S/C10H10F3N3S.ClH/c11-9-2-1-8(17-9)6-14-5-7-3-4-15-16(7)10(12)13;/h1-4,10,14H,5-6H2;1H. The van der Waals surface area contributed by atoms with E-state index in [1.165, 1.54) is 18.3 Å². The van der Waals surface area contributed by atoms with Crippen LogP contribution in [0.25, 0.3) is 0 Å². The molecule has 0 saturated carbocycles. The molecule has 0 spiro atoms. The summed E-state index contributed by atoms with van der Waals surface area (Å²) in [6, 6.07) is 4.57. The molecule has 2 aromatic rings. The van der Waals surface area contributed by atoms with Crippen molar-refractivity contribution in [2.75, 3.05) is 0 Å². The quantitative estimate of drug-likeness (QED) is 0.918. The Bertz CT molecular complexity index is 486. The molecule has 3 nitrogen and oxygen atoms in total. The minimum Gasteiger partial charge on any atom is -0.306 e. The SMILES string of the molecule is Cl.Fc1ccc(CNCc2ccnn2C(F)F)s1. The van der Waals surface area contributed by atoms with E-state index in [0.29, 0.717) is 16.9 Å². The van der Waals surface area contributed by atoms with E-state index in [2.05, 4.69) is 10.4 Å². The fourth-order valence-corrected chi connectivity index (χ4v) is 2.11. The molecule has 0 aliphatic carbocycles. The Kier molecular flexibility index (Phi) is 5.64. The van der Waals surface area contributed by atoms with Gasteiger partial charge in [0, 0.05) is 24.2 Å². The third-order valence-corrected chi connectivity index (χ3v) is 3.05. The molecule has 0 aromatic carbocycles. The summed E-state index contributed by atoms with van der Waals surface area (Å²) in [5, 5.41) is 6.23. The number of nitrogens with zero attached hydrogens (tertiary/aromatic N) is 2. The van der Waals surface area contributed by atoms with E-state index in [1.54, 1.807) is 6.07 Å². The Morgan fingerprint density at radius 3 is 2.67 bits per heavy atom. The molecule has 100 valence electrons. The van der Waals surface area contributed by atoms with Gasteiger partial charge in [0.1, 0.15) is 0 Å². The van der Waals surface area contributed by atoms with E-state index in [1.807, 2.05) is 0 Å². The van der Waals surface area contributed by atoms with E-state index in [4.69, 9.17) is 0 Å². The first kappa shape index (κ1) is 15.0. The molecule has 18 heavy (non-hydrogen) atoms. The highest BCUT2D eigenvalue weighted by Crippen LogP contribution is 2.15. The summed E-state index contributed by atoms with van der Waals surface area (Å²) in [4.78, 5) is 0.825. The van der Waals surface area contributed by atoms with Gasteiger partial charge in [0.2, 0.25) is 0 Å². The topological polar surface area (TPSA) is 29.9 Å². The van der Waals surface area contributed by atoms with Crippen LogP contribution < -0.4 is 5.32 Å². The second-order valence-corrected chi connectivity index (χ2v) is 4.47. The highest BCUT2D eigenvalue weighted by atomic mass is 35.5. The Hall–Kier alpha value is -1.05. The first-order valence-electron chi connectivity index (χ1n) is 4.92. The number of nitrogens with one attached hydrogen (secondary N) is 1. The Labute approximate surface area is 112 Å². The van der Waals surface area contributed by atoms with Crippen molar-refractivity contribution in [2.45, 2.75) is 19.6 Å². The molecule has 0 fully saturated rings. The van der Waals surface area contributed by atoms with Crippen LogP contribution in [0.4, 0.5) is 13.2 Å². The van der Waals surface area contributed by atoms with Crippen LogP contribution in [0, 0.1) is 5.13 Å². The molecule has 0 saturated heterocycles. The van der Waals surface area contributed by atoms with Crippen molar-refractivity contribution >= 4 is 23.7 Å². The van der Waals surface area contributed by atoms with Crippen molar-refractivity contribution in [2.24, 2.45) is 0 Å². The molecular weight excluding hydrogens is 287 g/mol.